The van der Waals surface area contributed by atoms with Crippen molar-refractivity contribution in [3.05, 3.63) is 35.1 Å². The van der Waals surface area contributed by atoms with E-state index >= 15 is 0 Å². The Kier molecular flexibility index (Phi) is 19.7. The molecule has 2 aliphatic heterocycles. The number of ketones is 1. The Bertz CT molecular complexity index is 2680. The molecule has 0 amide bonds. The lowest BCUT2D eigenvalue weighted by Crippen LogP contribution is -2.47. The predicted molar refractivity (Wildman–Crippen MR) is 309 cm³/mol. The van der Waals surface area contributed by atoms with Crippen molar-refractivity contribution in [3.63, 3.8) is 0 Å². The molecule has 3 fully saturated rings. The summed E-state index contributed by atoms with van der Waals surface area (Å²) in [4.78, 5) is 64.1. The number of carbonyl (C=O) groups is 5. The van der Waals surface area contributed by atoms with E-state index < -0.39 is 117 Å². The third-order valence-electron chi connectivity index (χ3n) is 18.9. The Morgan fingerprint density at radius 3 is 1.59 bits per heavy atom. The van der Waals surface area contributed by atoms with E-state index in [1.165, 1.54) is 13.0 Å². The summed E-state index contributed by atoms with van der Waals surface area (Å²) in [6.07, 6.45) is 5.76. The minimum atomic E-state index is -6.03. The summed E-state index contributed by atoms with van der Waals surface area (Å²) in [5, 5.41) is -0.0708. The lowest BCUT2D eigenvalue weighted by atomic mass is 9.62. The summed E-state index contributed by atoms with van der Waals surface area (Å²) in [5.74, 6) is -7.52. The molecule has 6 aliphatic rings. The van der Waals surface area contributed by atoms with E-state index in [-0.39, 0.29) is 114 Å². The van der Waals surface area contributed by atoms with Crippen LogP contribution in [-0.4, -0.2) is 96.8 Å². The van der Waals surface area contributed by atoms with E-state index in [0.717, 1.165) is 11.6 Å². The number of allylic oxidation sites excluding steroid dienone is 4. The van der Waals surface area contributed by atoms with Gasteiger partial charge in [0, 0.05) is 44.7 Å². The molecule has 0 aromatic rings. The van der Waals surface area contributed by atoms with Crippen LogP contribution < -0.4 is 0 Å². The monoisotopic (exact) mass is 1210 g/mol. The van der Waals surface area contributed by atoms with Crippen molar-refractivity contribution >= 4 is 56.4 Å². The fourth-order valence-corrected chi connectivity index (χ4v) is 14.9. The number of halogens is 3. The molecular weight excluding hydrogens is 1100 g/mol. The Morgan fingerprint density at radius 1 is 0.691 bits per heavy atom. The zero-order valence-electron chi connectivity index (χ0n) is 56.9. The van der Waals surface area contributed by atoms with Gasteiger partial charge in [-0.25, -0.2) is 0 Å². The Labute approximate surface area is 493 Å². The molecule has 0 aromatic heterocycles. The van der Waals surface area contributed by atoms with Crippen LogP contribution in [0.1, 0.15) is 188 Å². The number of alkyl halides is 3. The fraction of sp³-hybridized carbons (Fsp3) is 0.820. The van der Waals surface area contributed by atoms with Gasteiger partial charge in [0.05, 0.1) is 36.9 Å². The summed E-state index contributed by atoms with van der Waals surface area (Å²) < 4.78 is 154. The zero-order chi connectivity index (χ0) is 66.1. The molecule has 462 valence electrons. The van der Waals surface area contributed by atoms with Crippen LogP contribution in [-0.2, 0) is 66.1 Å². The molecule has 4 aliphatic carbocycles. The minimum absolute atomic E-state index is 0.0192. The number of hydrogen-bond acceptors (Lipinski definition) is 14. The van der Waals surface area contributed by atoms with Crippen molar-refractivity contribution in [1.82, 2.24) is 0 Å². The molecule has 16 atom stereocenters. The van der Waals surface area contributed by atoms with Gasteiger partial charge in [0.1, 0.15) is 30.2 Å². The number of rotatable bonds is 18. The van der Waals surface area contributed by atoms with Gasteiger partial charge in [0.2, 0.25) is 0 Å². The molecule has 2 saturated heterocycles. The van der Waals surface area contributed by atoms with Crippen molar-refractivity contribution in [1.29, 1.82) is 0 Å². The maximum absolute atomic E-state index is 13.4. The van der Waals surface area contributed by atoms with Crippen molar-refractivity contribution in [3.8, 4) is 0 Å². The highest BCUT2D eigenvalue weighted by atomic mass is 32.2. The van der Waals surface area contributed by atoms with Crippen LogP contribution in [0.2, 0.25) is 36.3 Å². The fourth-order valence-electron chi connectivity index (χ4n) is 11.6. The maximum Gasteiger partial charge on any atom is 0.534 e. The number of fused-ring (bicyclic) bond motifs is 2. The van der Waals surface area contributed by atoms with E-state index in [9.17, 15) is 45.6 Å². The van der Waals surface area contributed by atoms with Crippen molar-refractivity contribution in [2.24, 2.45) is 59.2 Å². The average Bonchev–Trinajstić information content (AvgIpc) is 0.819. The number of esters is 4. The van der Waals surface area contributed by atoms with E-state index in [4.69, 9.17) is 36.0 Å². The van der Waals surface area contributed by atoms with E-state index in [1.54, 1.807) is 19.9 Å². The highest BCUT2D eigenvalue weighted by Gasteiger charge is 2.53. The second-order valence-electron chi connectivity index (χ2n) is 27.1. The van der Waals surface area contributed by atoms with Gasteiger partial charge in [-0.2, -0.15) is 21.6 Å². The third kappa shape index (κ3) is 17.4. The van der Waals surface area contributed by atoms with Gasteiger partial charge in [-0.1, -0.05) is 108 Å². The van der Waals surface area contributed by atoms with Crippen molar-refractivity contribution in [2.45, 2.75) is 259 Å². The molecule has 2 heterocycles. The van der Waals surface area contributed by atoms with Crippen LogP contribution >= 0.6 is 0 Å². The average molecular weight is 1210 g/mol. The number of hydrogen-bond donors (Lipinski definition) is 0. The van der Waals surface area contributed by atoms with Gasteiger partial charge in [-0.05, 0) is 135 Å². The van der Waals surface area contributed by atoms with Gasteiger partial charge >= 0.3 is 39.5 Å². The van der Waals surface area contributed by atoms with E-state index in [0.29, 0.717) is 44.9 Å². The molecule has 1 saturated carbocycles. The molecule has 0 radical (unpaired) electrons. The smallest absolute Gasteiger partial charge is 0.462 e. The van der Waals surface area contributed by atoms with Gasteiger partial charge in [-0.15, -0.1) is 0 Å². The molecule has 0 bridgehead atoms. The summed E-state index contributed by atoms with van der Waals surface area (Å²) in [6, 6.07) is 0. The first-order valence-corrected chi connectivity index (χ1v) is 36.7. The summed E-state index contributed by atoms with van der Waals surface area (Å²) >= 11 is 0. The largest absolute Gasteiger partial charge is 0.534 e. The van der Waals surface area contributed by atoms with E-state index in [2.05, 4.69) is 71.9 Å². The molecule has 0 spiro atoms. The van der Waals surface area contributed by atoms with Crippen LogP contribution in [0.15, 0.2) is 35.1 Å². The highest BCUT2D eigenvalue weighted by molar-refractivity contribution is 7.87. The molecule has 6 rings (SSSR count). The lowest BCUT2D eigenvalue weighted by Gasteiger charge is -2.45. The predicted octanol–water partition coefficient (Wildman–Crippen LogP) is 14.0. The van der Waals surface area contributed by atoms with Crippen LogP contribution in [0.25, 0.3) is 0 Å². The van der Waals surface area contributed by atoms with Crippen molar-refractivity contribution in [2.75, 3.05) is 0 Å². The minimum Gasteiger partial charge on any atom is -0.462 e. The molecule has 14 nitrogen and oxygen atoms in total. The number of cyclic esters (lactones) is 2. The van der Waals surface area contributed by atoms with Crippen LogP contribution in [0.3, 0.4) is 0 Å². The van der Waals surface area contributed by atoms with Gasteiger partial charge in [0.15, 0.2) is 22.4 Å². The molecule has 0 N–H and O–H groups in total. The third-order valence-corrected chi connectivity index (χ3v) is 29.0. The standard InChI is InChI=1S/C31H49F3O8SSi.C30H50O6Si/c1-10-19(3)29(36)40-26-14-18(2)13-21-15-25(41-43(37,38)31(32,33)34)20(4)24(28(21)26)12-11-22-16-23(17-27(35)39-22)42-44(8,9)30(5,6)7;1-10-19(3)29(33)35-26-14-18(2)13-21-15-25(31)20(4)24(28(21)26)12-11-22-16-23(17-27(32)34-22)36-37(8,9)30(5,6)7/h13,15,18-20,22-24,26,28H,10-12,14,16-17H2,1-9H3;15,18-20,22-24,26,28H,10-14,16-17H2,1-9H3/t2*18?,19-,20+,22?,23+,24-,26?,28-/m00/s1/i2*2D3. The first kappa shape index (κ1) is 59.4. The zero-order valence-corrected chi connectivity index (χ0v) is 53.7. The van der Waals surface area contributed by atoms with Gasteiger partial charge in [-0.3, -0.25) is 24.0 Å². The van der Waals surface area contributed by atoms with Crippen molar-refractivity contribution < 1.29 is 85.8 Å². The number of ether oxygens (including phenoxy) is 4. The first-order chi connectivity index (χ1) is 39.6. The summed E-state index contributed by atoms with van der Waals surface area (Å²) in [5.41, 5.74) is -4.68. The van der Waals surface area contributed by atoms with Gasteiger partial charge in [0.25, 0.3) is 0 Å². The second-order valence-corrected chi connectivity index (χ2v) is 38.1. The normalized spacial score (nSPS) is 33.6. The van der Waals surface area contributed by atoms with Crippen LogP contribution in [0.5, 0.6) is 0 Å². The Morgan fingerprint density at radius 2 is 1.16 bits per heavy atom. The van der Waals surface area contributed by atoms with Crippen LogP contribution in [0, 0.1) is 59.2 Å². The topological polar surface area (TPSA) is 184 Å². The van der Waals surface area contributed by atoms with Crippen LogP contribution in [0.4, 0.5) is 13.2 Å². The summed E-state index contributed by atoms with van der Waals surface area (Å²) in [6.45, 7) is 27.2. The Balaban J connectivity index is 0.000000321. The second kappa shape index (κ2) is 26.9. The maximum atomic E-state index is 13.4. The lowest BCUT2D eigenvalue weighted by molar-refractivity contribution is -0.163. The number of carbonyl (C=O) groups excluding carboxylic acids is 5. The quantitative estimate of drug-likeness (QED) is 0.0415. The molecule has 20 heteroatoms. The molecule has 6 unspecified atom stereocenters. The summed E-state index contributed by atoms with van der Waals surface area (Å²) in [7, 11) is -10.3. The molecule has 0 aromatic carbocycles. The highest BCUT2D eigenvalue weighted by Crippen LogP contribution is 2.51. The molecule has 81 heavy (non-hydrogen) atoms. The Hall–Kier alpha value is -3.34. The first-order valence-electron chi connectivity index (χ1n) is 32.4. The molecular formula is C61H99F3O14SSi2. The van der Waals surface area contributed by atoms with Gasteiger partial charge < -0.3 is 32.0 Å². The SMILES string of the molecule is [2H]C([2H])([2H])C1C=C2C=C(OS(=O)(=O)C(F)(F)F)[C@H](C)[C@H](CCC3C[C@@H](O[Si](C)(C)C(C)(C)C)CC(=O)O3)[C@H]2C(OC(=O)[C@@H](C)CC)C1.[2H]C([2H])([2H])C1CC2=CC(=O)[C@H](C)[C@H](CCC3C[C@@H](O[Si](C)(C)C(C)(C)C)CC(=O)O3)[C@H]2C(OC(=O)[C@@H](C)CC)C1. The van der Waals surface area contributed by atoms with E-state index in [1.807, 2.05) is 20.8 Å².